The summed E-state index contributed by atoms with van der Waals surface area (Å²) in [6.45, 7) is 3.98. The lowest BCUT2D eigenvalue weighted by Crippen LogP contribution is -2.12. The van der Waals surface area contributed by atoms with Crippen molar-refractivity contribution < 1.29 is 4.79 Å². The smallest absolute Gasteiger partial charge is 0.275 e. The highest BCUT2D eigenvalue weighted by Crippen LogP contribution is 2.16. The van der Waals surface area contributed by atoms with Crippen molar-refractivity contribution in [2.24, 2.45) is 0 Å². The van der Waals surface area contributed by atoms with E-state index in [4.69, 9.17) is 5.73 Å². The van der Waals surface area contributed by atoms with Crippen LogP contribution in [0.15, 0.2) is 23.6 Å². The van der Waals surface area contributed by atoms with Gasteiger partial charge in [-0.05, 0) is 37.1 Å². The standard InChI is InChI=1S/C12H13N3OS/c1-7-3-8(2)5-9(4-7)14-11(16)10-6-17-12(13)15-10/h3-6H,1-2H3,(H2,13,15)(H,14,16). The summed E-state index contributed by atoms with van der Waals surface area (Å²) in [5.74, 6) is -0.233. The molecule has 5 heteroatoms. The number of aromatic nitrogens is 1. The van der Waals surface area contributed by atoms with Gasteiger partial charge in [0.1, 0.15) is 5.69 Å². The van der Waals surface area contributed by atoms with Crippen molar-refractivity contribution in [2.75, 3.05) is 11.1 Å². The number of thiazole rings is 1. The normalized spacial score (nSPS) is 10.2. The predicted molar refractivity (Wildman–Crippen MR) is 70.4 cm³/mol. The van der Waals surface area contributed by atoms with Gasteiger partial charge in [0.25, 0.3) is 5.91 Å². The maximum atomic E-state index is 11.8. The number of anilines is 2. The maximum absolute atomic E-state index is 11.8. The number of nitrogens with zero attached hydrogens (tertiary/aromatic N) is 1. The van der Waals surface area contributed by atoms with Gasteiger partial charge in [0, 0.05) is 11.1 Å². The predicted octanol–water partition coefficient (Wildman–Crippen LogP) is 2.59. The van der Waals surface area contributed by atoms with Crippen LogP contribution in [0.4, 0.5) is 10.8 Å². The Labute approximate surface area is 103 Å². The Hall–Kier alpha value is -1.88. The Morgan fingerprint density at radius 1 is 1.29 bits per heavy atom. The summed E-state index contributed by atoms with van der Waals surface area (Å²) in [4.78, 5) is 15.8. The van der Waals surface area contributed by atoms with E-state index in [9.17, 15) is 4.79 Å². The number of carbonyl (C=O) groups excluding carboxylic acids is 1. The van der Waals surface area contributed by atoms with Crippen LogP contribution in [0.3, 0.4) is 0 Å². The summed E-state index contributed by atoms with van der Waals surface area (Å²) in [5.41, 5.74) is 8.83. The molecule has 0 atom stereocenters. The van der Waals surface area contributed by atoms with Crippen molar-refractivity contribution in [1.29, 1.82) is 0 Å². The minimum Gasteiger partial charge on any atom is -0.375 e. The molecule has 1 aromatic heterocycles. The molecule has 0 spiro atoms. The molecular formula is C12H13N3OS. The molecule has 88 valence electrons. The minimum atomic E-state index is -0.233. The van der Waals surface area contributed by atoms with E-state index in [-0.39, 0.29) is 5.91 Å². The number of carbonyl (C=O) groups is 1. The highest BCUT2D eigenvalue weighted by atomic mass is 32.1. The lowest BCUT2D eigenvalue weighted by Gasteiger charge is -2.05. The molecule has 0 radical (unpaired) electrons. The summed E-state index contributed by atoms with van der Waals surface area (Å²) in [6, 6.07) is 5.89. The second-order valence-corrected chi connectivity index (χ2v) is 4.79. The van der Waals surface area contributed by atoms with Crippen LogP contribution in [0.1, 0.15) is 21.6 Å². The van der Waals surface area contributed by atoms with Gasteiger partial charge in [0.05, 0.1) is 0 Å². The van der Waals surface area contributed by atoms with E-state index in [1.165, 1.54) is 11.3 Å². The number of nitrogens with one attached hydrogen (secondary N) is 1. The van der Waals surface area contributed by atoms with Gasteiger partial charge in [-0.1, -0.05) is 6.07 Å². The quantitative estimate of drug-likeness (QED) is 0.857. The number of hydrogen-bond donors (Lipinski definition) is 2. The minimum absolute atomic E-state index is 0.233. The monoisotopic (exact) mass is 247 g/mol. The van der Waals surface area contributed by atoms with E-state index < -0.39 is 0 Å². The van der Waals surface area contributed by atoms with Crippen LogP contribution in [-0.4, -0.2) is 10.9 Å². The van der Waals surface area contributed by atoms with Gasteiger partial charge in [0.2, 0.25) is 0 Å². The summed E-state index contributed by atoms with van der Waals surface area (Å²) >= 11 is 1.26. The number of amides is 1. The van der Waals surface area contributed by atoms with E-state index in [1.54, 1.807) is 5.38 Å². The number of nitrogen functional groups attached to an aromatic ring is 1. The molecule has 2 rings (SSSR count). The Balaban J connectivity index is 2.18. The van der Waals surface area contributed by atoms with Gasteiger partial charge in [-0.15, -0.1) is 11.3 Å². The average Bonchev–Trinajstić information content (AvgIpc) is 2.63. The van der Waals surface area contributed by atoms with Gasteiger partial charge < -0.3 is 11.1 Å². The Kier molecular flexibility index (Phi) is 3.10. The Morgan fingerprint density at radius 3 is 2.47 bits per heavy atom. The molecule has 0 saturated carbocycles. The summed E-state index contributed by atoms with van der Waals surface area (Å²) in [5, 5.41) is 4.85. The fraction of sp³-hybridized carbons (Fsp3) is 0.167. The van der Waals surface area contributed by atoms with Gasteiger partial charge in [-0.25, -0.2) is 4.98 Å². The van der Waals surface area contributed by atoms with Gasteiger partial charge in [-0.2, -0.15) is 0 Å². The van der Waals surface area contributed by atoms with Crippen molar-refractivity contribution in [3.05, 3.63) is 40.4 Å². The van der Waals surface area contributed by atoms with E-state index in [0.717, 1.165) is 16.8 Å². The van der Waals surface area contributed by atoms with Crippen LogP contribution >= 0.6 is 11.3 Å². The molecule has 0 aliphatic rings. The van der Waals surface area contributed by atoms with Crippen molar-refractivity contribution in [2.45, 2.75) is 13.8 Å². The lowest BCUT2D eigenvalue weighted by molar-refractivity contribution is 0.102. The van der Waals surface area contributed by atoms with Crippen LogP contribution < -0.4 is 11.1 Å². The van der Waals surface area contributed by atoms with Crippen LogP contribution in [0.25, 0.3) is 0 Å². The molecule has 3 N–H and O–H groups in total. The highest BCUT2D eigenvalue weighted by molar-refractivity contribution is 7.13. The summed E-state index contributed by atoms with van der Waals surface area (Å²) in [6.07, 6.45) is 0. The van der Waals surface area contributed by atoms with Crippen LogP contribution in [0.5, 0.6) is 0 Å². The summed E-state index contributed by atoms with van der Waals surface area (Å²) < 4.78 is 0. The third-order valence-electron chi connectivity index (χ3n) is 2.23. The number of benzene rings is 1. The first-order valence-electron chi connectivity index (χ1n) is 5.15. The van der Waals surface area contributed by atoms with Crippen molar-refractivity contribution in [3.63, 3.8) is 0 Å². The molecule has 1 amide bonds. The number of nitrogens with two attached hydrogens (primary N) is 1. The molecule has 1 heterocycles. The highest BCUT2D eigenvalue weighted by Gasteiger charge is 2.10. The van der Waals surface area contributed by atoms with Gasteiger partial charge in [0.15, 0.2) is 5.13 Å². The molecule has 1 aromatic carbocycles. The molecule has 0 saturated heterocycles. The third-order valence-corrected chi connectivity index (χ3v) is 2.91. The van der Waals surface area contributed by atoms with Crippen molar-refractivity contribution >= 4 is 28.1 Å². The zero-order valence-electron chi connectivity index (χ0n) is 9.65. The molecular weight excluding hydrogens is 234 g/mol. The Bertz CT molecular complexity index is 542. The molecule has 0 fully saturated rings. The van der Waals surface area contributed by atoms with Crippen molar-refractivity contribution in [1.82, 2.24) is 4.98 Å². The zero-order chi connectivity index (χ0) is 12.4. The third kappa shape index (κ3) is 2.82. The first-order chi connectivity index (χ1) is 8.04. The number of rotatable bonds is 2. The summed E-state index contributed by atoms with van der Waals surface area (Å²) in [7, 11) is 0. The molecule has 0 bridgehead atoms. The average molecular weight is 247 g/mol. The van der Waals surface area contributed by atoms with E-state index in [1.807, 2.05) is 26.0 Å². The van der Waals surface area contributed by atoms with Crippen LogP contribution in [0.2, 0.25) is 0 Å². The van der Waals surface area contributed by atoms with E-state index >= 15 is 0 Å². The fourth-order valence-corrected chi connectivity index (χ4v) is 2.18. The molecule has 0 aliphatic carbocycles. The lowest BCUT2D eigenvalue weighted by atomic mass is 10.1. The second kappa shape index (κ2) is 4.55. The molecule has 2 aromatic rings. The SMILES string of the molecule is Cc1cc(C)cc(NC(=O)c2csc(N)n2)c1. The number of aryl methyl sites for hydroxylation is 2. The first kappa shape index (κ1) is 11.6. The largest absolute Gasteiger partial charge is 0.375 e. The topological polar surface area (TPSA) is 68.0 Å². The van der Waals surface area contributed by atoms with Crippen LogP contribution in [0, 0.1) is 13.8 Å². The maximum Gasteiger partial charge on any atom is 0.275 e. The van der Waals surface area contributed by atoms with Crippen molar-refractivity contribution in [3.8, 4) is 0 Å². The van der Waals surface area contributed by atoms with Gasteiger partial charge in [-0.3, -0.25) is 4.79 Å². The zero-order valence-corrected chi connectivity index (χ0v) is 10.5. The van der Waals surface area contributed by atoms with Gasteiger partial charge >= 0.3 is 0 Å². The fourth-order valence-electron chi connectivity index (χ4n) is 1.63. The second-order valence-electron chi connectivity index (χ2n) is 3.90. The van der Waals surface area contributed by atoms with Crippen LogP contribution in [-0.2, 0) is 0 Å². The molecule has 0 unspecified atom stereocenters. The van der Waals surface area contributed by atoms with E-state index in [2.05, 4.69) is 16.4 Å². The van der Waals surface area contributed by atoms with E-state index in [0.29, 0.717) is 10.8 Å². The molecule has 0 aliphatic heterocycles. The molecule has 4 nitrogen and oxygen atoms in total. The number of hydrogen-bond acceptors (Lipinski definition) is 4. The first-order valence-corrected chi connectivity index (χ1v) is 6.03. The Morgan fingerprint density at radius 2 is 1.94 bits per heavy atom. The molecule has 17 heavy (non-hydrogen) atoms.